The van der Waals surface area contributed by atoms with Gasteiger partial charge in [-0.05, 0) is 96.7 Å². The second-order valence-electron chi connectivity index (χ2n) is 15.4. The van der Waals surface area contributed by atoms with Crippen LogP contribution in [0.5, 0.6) is 17.2 Å². The molecule has 0 aromatic heterocycles. The number of Topliss-reactive ketones (excluding diaryl/α,β-unsaturated/α-hetero) is 1. The number of hydrogen-bond donors (Lipinski definition) is 0. The lowest BCUT2D eigenvalue weighted by molar-refractivity contribution is -0.118. The third-order valence-electron chi connectivity index (χ3n) is 11.2. The van der Waals surface area contributed by atoms with E-state index in [0.29, 0.717) is 78.9 Å². The average molecular weight is 726 g/mol. The third-order valence-corrected chi connectivity index (χ3v) is 11.2. The number of anilines is 2. The molecule has 4 aromatic rings. The predicted octanol–water partition coefficient (Wildman–Crippen LogP) is 8.20. The Hall–Kier alpha value is -5.44. The fourth-order valence-corrected chi connectivity index (χ4v) is 8.32. The van der Waals surface area contributed by atoms with Gasteiger partial charge in [-0.15, -0.1) is 0 Å². The maximum absolute atomic E-state index is 14.0. The number of ether oxygens (including phenoxy) is 3. The average Bonchev–Trinajstić information content (AvgIpc) is 3.65. The topological polar surface area (TPSA) is 97.7 Å². The van der Waals surface area contributed by atoms with Crippen LogP contribution in [0.3, 0.4) is 0 Å². The fraction of sp³-hybridized carbons (Fsp3) is 0.378. The molecule has 0 radical (unpaired) electrons. The van der Waals surface area contributed by atoms with Crippen LogP contribution in [0.4, 0.5) is 17.1 Å². The smallest absolute Gasteiger partial charge is 0.261 e. The summed E-state index contributed by atoms with van der Waals surface area (Å²) in [4.78, 5) is 48.9. The van der Waals surface area contributed by atoms with Crippen LogP contribution in [0.15, 0.2) is 71.7 Å². The summed E-state index contributed by atoms with van der Waals surface area (Å²) in [6, 6.07) is 21.7. The Morgan fingerprint density at radius 1 is 0.833 bits per heavy atom. The number of rotatable bonds is 12. The van der Waals surface area contributed by atoms with Gasteiger partial charge in [-0.3, -0.25) is 24.3 Å². The molecule has 0 spiro atoms. The summed E-state index contributed by atoms with van der Waals surface area (Å²) in [7, 11) is 1.60. The molecule has 0 aliphatic carbocycles. The lowest BCUT2D eigenvalue weighted by Crippen LogP contribution is -2.37. The highest BCUT2D eigenvalue weighted by molar-refractivity contribution is 6.14. The lowest BCUT2D eigenvalue weighted by Gasteiger charge is -2.23. The number of carbonyl (C=O) groups excluding carboxylic acids is 3. The van der Waals surface area contributed by atoms with Gasteiger partial charge in [-0.1, -0.05) is 44.2 Å². The van der Waals surface area contributed by atoms with E-state index in [1.807, 2.05) is 77.5 Å². The zero-order valence-corrected chi connectivity index (χ0v) is 31.5. The maximum Gasteiger partial charge on any atom is 0.261 e. The van der Waals surface area contributed by atoms with Crippen molar-refractivity contribution >= 4 is 40.9 Å². The van der Waals surface area contributed by atoms with E-state index in [1.54, 1.807) is 7.11 Å². The molecule has 0 saturated heterocycles. The summed E-state index contributed by atoms with van der Waals surface area (Å²) < 4.78 is 18.1. The highest BCUT2D eigenvalue weighted by Crippen LogP contribution is 2.42. The van der Waals surface area contributed by atoms with Crippen LogP contribution in [0.2, 0.25) is 0 Å². The van der Waals surface area contributed by atoms with Crippen molar-refractivity contribution in [3.05, 3.63) is 106 Å². The molecule has 4 heterocycles. The highest BCUT2D eigenvalue weighted by Gasteiger charge is 2.38. The number of nitrogens with zero attached hydrogens (tertiary/aromatic N) is 3. The molecular formula is C45H47N3O6. The number of hydrogen-bond acceptors (Lipinski definition) is 7. The Labute approximate surface area is 316 Å². The molecule has 0 fully saturated rings. The number of benzene rings is 4. The van der Waals surface area contributed by atoms with Crippen LogP contribution in [-0.2, 0) is 30.5 Å². The van der Waals surface area contributed by atoms with E-state index in [2.05, 4.69) is 26.0 Å². The first-order chi connectivity index (χ1) is 26.2. The standard InChI is InChI=1S/C45H47N3O6/c1-27(2)10-14-35(49)20-29-11-15-40-32(19-29)22-34-26-46-38-25-41(28(3)18-37(38)45(51)48(34)40)53-16-7-17-54-43-23-30-12-13-33-21-31-8-5-6-9-39(31)47(33)44(50)36(30)24-42(43)52-4/h5-6,8-9,11,15,18-19,23-27,33-34H,7,10,12-14,16-17,20-22H2,1-4H3/t33-,34+/m1/s1. The second kappa shape index (κ2) is 14.8. The van der Waals surface area contributed by atoms with Crippen molar-refractivity contribution < 1.29 is 28.6 Å². The summed E-state index contributed by atoms with van der Waals surface area (Å²) >= 11 is 0. The van der Waals surface area contributed by atoms with Gasteiger partial charge in [0.1, 0.15) is 11.5 Å². The van der Waals surface area contributed by atoms with E-state index in [-0.39, 0.29) is 29.7 Å². The van der Waals surface area contributed by atoms with Gasteiger partial charge < -0.3 is 19.1 Å². The summed E-state index contributed by atoms with van der Waals surface area (Å²) in [5, 5.41) is 0. The van der Waals surface area contributed by atoms with Gasteiger partial charge in [0.2, 0.25) is 0 Å². The maximum atomic E-state index is 14.0. The number of carbonyl (C=O) groups is 3. The summed E-state index contributed by atoms with van der Waals surface area (Å²) in [5.74, 6) is 2.51. The first-order valence-electron chi connectivity index (χ1n) is 19.2. The Bertz CT molecular complexity index is 2170. The van der Waals surface area contributed by atoms with E-state index in [0.717, 1.165) is 59.3 Å². The molecule has 2 amide bonds. The highest BCUT2D eigenvalue weighted by atomic mass is 16.5. The third kappa shape index (κ3) is 6.76. The minimum absolute atomic E-state index is 0.0126. The molecule has 2 atom stereocenters. The minimum Gasteiger partial charge on any atom is -0.493 e. The first kappa shape index (κ1) is 35.6. The van der Waals surface area contributed by atoms with Gasteiger partial charge in [0.25, 0.3) is 11.8 Å². The molecule has 9 heteroatoms. The Balaban J connectivity index is 0.892. The molecule has 278 valence electrons. The number of aryl methyl sites for hydroxylation is 2. The molecule has 0 N–H and O–H groups in total. The normalized spacial score (nSPS) is 17.9. The molecule has 9 nitrogen and oxygen atoms in total. The molecule has 0 bridgehead atoms. The molecule has 4 aliphatic rings. The Morgan fingerprint density at radius 3 is 2.43 bits per heavy atom. The SMILES string of the molecule is COc1cc2c(cc1OCCCOc1cc3c(cc1C)C(=O)N1c4ccc(CC(=O)CCC(C)C)cc4C[C@H]1C=N3)CC[C@@H]1Cc3ccccc3N1C2=O. The largest absolute Gasteiger partial charge is 0.493 e. The number of methoxy groups -OCH3 is 1. The Morgan fingerprint density at radius 2 is 1.61 bits per heavy atom. The van der Waals surface area contributed by atoms with Crippen molar-refractivity contribution in [3.63, 3.8) is 0 Å². The number of ketones is 1. The summed E-state index contributed by atoms with van der Waals surface area (Å²) in [5.41, 5.74) is 8.80. The van der Waals surface area contributed by atoms with Gasteiger partial charge in [0, 0.05) is 60.9 Å². The van der Waals surface area contributed by atoms with Gasteiger partial charge in [-0.2, -0.15) is 0 Å². The summed E-state index contributed by atoms with van der Waals surface area (Å²) in [6.45, 7) is 7.01. The summed E-state index contributed by atoms with van der Waals surface area (Å²) in [6.07, 6.45) is 7.59. The fourth-order valence-electron chi connectivity index (χ4n) is 8.32. The van der Waals surface area contributed by atoms with Gasteiger partial charge in [0.15, 0.2) is 11.5 Å². The molecule has 4 aliphatic heterocycles. The first-order valence-corrected chi connectivity index (χ1v) is 19.2. The van der Waals surface area contributed by atoms with Crippen LogP contribution in [0.25, 0.3) is 0 Å². The van der Waals surface area contributed by atoms with Crippen LogP contribution < -0.4 is 24.0 Å². The van der Waals surface area contributed by atoms with Crippen molar-refractivity contribution in [2.75, 3.05) is 30.1 Å². The van der Waals surface area contributed by atoms with Crippen molar-refractivity contribution in [1.82, 2.24) is 0 Å². The minimum atomic E-state index is -0.189. The second-order valence-corrected chi connectivity index (χ2v) is 15.4. The molecule has 4 aromatic carbocycles. The Kier molecular flexibility index (Phi) is 9.73. The molecule has 0 saturated carbocycles. The van der Waals surface area contributed by atoms with E-state index in [1.165, 1.54) is 5.56 Å². The van der Waals surface area contributed by atoms with Crippen LogP contribution >= 0.6 is 0 Å². The monoisotopic (exact) mass is 725 g/mol. The van der Waals surface area contributed by atoms with Gasteiger partial charge >= 0.3 is 0 Å². The zero-order valence-electron chi connectivity index (χ0n) is 31.5. The van der Waals surface area contributed by atoms with Crippen molar-refractivity contribution in [2.45, 2.75) is 84.2 Å². The number of para-hydroxylation sites is 1. The molecule has 54 heavy (non-hydrogen) atoms. The quantitative estimate of drug-likeness (QED) is 0.137. The van der Waals surface area contributed by atoms with Crippen LogP contribution in [0, 0.1) is 12.8 Å². The van der Waals surface area contributed by atoms with E-state index >= 15 is 0 Å². The van der Waals surface area contributed by atoms with E-state index in [9.17, 15) is 14.4 Å². The molecule has 8 rings (SSSR count). The number of amides is 2. The van der Waals surface area contributed by atoms with Crippen molar-refractivity contribution in [2.24, 2.45) is 10.9 Å². The zero-order chi connectivity index (χ0) is 37.5. The van der Waals surface area contributed by atoms with E-state index < -0.39 is 0 Å². The lowest BCUT2D eigenvalue weighted by atomic mass is 9.99. The number of aliphatic imine (C=N–C) groups is 1. The van der Waals surface area contributed by atoms with Crippen molar-refractivity contribution in [3.8, 4) is 17.2 Å². The predicted molar refractivity (Wildman–Crippen MR) is 211 cm³/mol. The van der Waals surface area contributed by atoms with Crippen LogP contribution in [-0.4, -0.2) is 56.2 Å². The van der Waals surface area contributed by atoms with Crippen LogP contribution in [0.1, 0.15) is 88.1 Å². The van der Waals surface area contributed by atoms with Gasteiger partial charge in [-0.25, -0.2) is 0 Å². The van der Waals surface area contributed by atoms with Crippen molar-refractivity contribution in [1.29, 1.82) is 0 Å². The number of fused-ring (bicyclic) bond motifs is 8. The van der Waals surface area contributed by atoms with E-state index in [4.69, 9.17) is 19.2 Å². The van der Waals surface area contributed by atoms with Gasteiger partial charge in [0.05, 0.1) is 37.6 Å². The molecule has 0 unspecified atom stereocenters. The molecular weight excluding hydrogens is 679 g/mol.